The summed E-state index contributed by atoms with van der Waals surface area (Å²) in [5, 5.41) is 9.34. The standard InChI is InChI=1S/C15H18N2O2/c18-15(19)17-13-8-16(7-10-4-2-1-3-5-10)9-14(17)12-6-11(12)13/h1-5,11-14H,6-9H2,(H,18,19)/t11-,12?,13-,14?/m1/s1. The van der Waals surface area contributed by atoms with Crippen LogP contribution in [0.15, 0.2) is 30.3 Å². The van der Waals surface area contributed by atoms with Crippen molar-refractivity contribution in [3.05, 3.63) is 35.9 Å². The molecule has 1 amide bonds. The lowest BCUT2D eigenvalue weighted by molar-refractivity contribution is 0.0414. The number of amides is 1. The van der Waals surface area contributed by atoms with E-state index >= 15 is 0 Å². The zero-order chi connectivity index (χ0) is 13.0. The molecule has 4 atom stereocenters. The van der Waals surface area contributed by atoms with E-state index in [1.165, 1.54) is 12.0 Å². The third-order valence-electron chi connectivity index (χ3n) is 4.95. The van der Waals surface area contributed by atoms with Crippen LogP contribution in [-0.4, -0.2) is 46.2 Å². The van der Waals surface area contributed by atoms with E-state index in [0.717, 1.165) is 19.6 Å². The molecular weight excluding hydrogens is 240 g/mol. The van der Waals surface area contributed by atoms with E-state index in [2.05, 4.69) is 29.2 Å². The van der Waals surface area contributed by atoms with E-state index in [4.69, 9.17) is 0 Å². The molecule has 1 N–H and O–H groups in total. The van der Waals surface area contributed by atoms with Crippen molar-refractivity contribution in [2.75, 3.05) is 13.1 Å². The van der Waals surface area contributed by atoms with Gasteiger partial charge < -0.3 is 5.11 Å². The molecule has 2 heterocycles. The Balaban J connectivity index is 1.50. The molecule has 4 heteroatoms. The van der Waals surface area contributed by atoms with Crippen molar-refractivity contribution in [3.8, 4) is 0 Å². The van der Waals surface area contributed by atoms with Gasteiger partial charge in [0.15, 0.2) is 0 Å². The van der Waals surface area contributed by atoms with Gasteiger partial charge in [0, 0.05) is 19.6 Å². The number of carboxylic acid groups (broad SMARTS) is 1. The van der Waals surface area contributed by atoms with Crippen LogP contribution in [-0.2, 0) is 6.54 Å². The summed E-state index contributed by atoms with van der Waals surface area (Å²) in [6.07, 6.45) is 0.528. The third kappa shape index (κ3) is 1.74. The van der Waals surface area contributed by atoms with Crippen LogP contribution >= 0.6 is 0 Å². The highest BCUT2D eigenvalue weighted by atomic mass is 16.4. The van der Waals surface area contributed by atoms with Gasteiger partial charge in [-0.2, -0.15) is 0 Å². The lowest BCUT2D eigenvalue weighted by Gasteiger charge is -2.41. The number of nitrogens with zero attached hydrogens (tertiary/aromatic N) is 2. The molecule has 1 aliphatic carbocycles. The Morgan fingerprint density at radius 1 is 1.16 bits per heavy atom. The summed E-state index contributed by atoms with van der Waals surface area (Å²) < 4.78 is 0. The SMILES string of the molecule is O=C(O)N1C2CN(Cc3ccccc3)C[C@@H]1[C@@H]1CC21. The number of fused-ring (bicyclic) bond motifs is 5. The summed E-state index contributed by atoms with van der Waals surface area (Å²) in [6, 6.07) is 10.9. The molecule has 4 nitrogen and oxygen atoms in total. The first-order valence-electron chi connectivity index (χ1n) is 7.01. The maximum Gasteiger partial charge on any atom is 0.407 e. The van der Waals surface area contributed by atoms with Crippen LogP contribution in [0, 0.1) is 11.8 Å². The fourth-order valence-corrected chi connectivity index (χ4v) is 4.08. The lowest BCUT2D eigenvalue weighted by Crippen LogP contribution is -2.57. The van der Waals surface area contributed by atoms with Crippen LogP contribution < -0.4 is 0 Å². The topological polar surface area (TPSA) is 43.8 Å². The number of likely N-dealkylation sites (tertiary alicyclic amines) is 1. The van der Waals surface area contributed by atoms with E-state index < -0.39 is 6.09 Å². The lowest BCUT2D eigenvalue weighted by atomic mass is 10.1. The number of hydrogen-bond donors (Lipinski definition) is 1. The van der Waals surface area contributed by atoms with Crippen molar-refractivity contribution in [2.24, 2.45) is 11.8 Å². The van der Waals surface area contributed by atoms with E-state index in [1.807, 2.05) is 6.07 Å². The zero-order valence-corrected chi connectivity index (χ0v) is 10.8. The van der Waals surface area contributed by atoms with Gasteiger partial charge >= 0.3 is 6.09 Å². The Kier molecular flexibility index (Phi) is 2.36. The molecule has 1 aromatic rings. The van der Waals surface area contributed by atoms with Crippen LogP contribution in [0.5, 0.6) is 0 Å². The molecule has 2 bridgehead atoms. The van der Waals surface area contributed by atoms with Gasteiger partial charge in [0.25, 0.3) is 0 Å². The maximum atomic E-state index is 11.4. The molecule has 2 aliphatic heterocycles. The summed E-state index contributed by atoms with van der Waals surface area (Å²) in [6.45, 7) is 2.75. The molecule has 0 aromatic heterocycles. The molecule has 3 fully saturated rings. The van der Waals surface area contributed by atoms with Crippen molar-refractivity contribution in [1.82, 2.24) is 9.80 Å². The van der Waals surface area contributed by atoms with Crippen molar-refractivity contribution < 1.29 is 9.90 Å². The summed E-state index contributed by atoms with van der Waals surface area (Å²) >= 11 is 0. The molecule has 2 saturated heterocycles. The summed E-state index contributed by atoms with van der Waals surface area (Å²) in [4.78, 5) is 15.5. The van der Waals surface area contributed by atoms with Crippen LogP contribution in [0.3, 0.4) is 0 Å². The highest BCUT2D eigenvalue weighted by Gasteiger charge is 2.62. The van der Waals surface area contributed by atoms with E-state index in [1.54, 1.807) is 4.90 Å². The number of carbonyl (C=O) groups is 1. The minimum absolute atomic E-state index is 0.241. The highest BCUT2D eigenvalue weighted by molar-refractivity contribution is 5.67. The van der Waals surface area contributed by atoms with Gasteiger partial charge in [0.2, 0.25) is 0 Å². The largest absolute Gasteiger partial charge is 0.465 e. The monoisotopic (exact) mass is 258 g/mol. The summed E-state index contributed by atoms with van der Waals surface area (Å²) in [7, 11) is 0. The fraction of sp³-hybridized carbons (Fsp3) is 0.533. The molecule has 3 aliphatic rings. The van der Waals surface area contributed by atoms with Gasteiger partial charge in [-0.1, -0.05) is 30.3 Å². The molecule has 4 rings (SSSR count). The zero-order valence-electron chi connectivity index (χ0n) is 10.8. The van der Waals surface area contributed by atoms with Gasteiger partial charge in [-0.3, -0.25) is 9.80 Å². The Labute approximate surface area is 112 Å². The minimum atomic E-state index is -0.721. The van der Waals surface area contributed by atoms with Gasteiger partial charge in [0.1, 0.15) is 0 Å². The Morgan fingerprint density at radius 2 is 1.79 bits per heavy atom. The molecule has 0 radical (unpaired) electrons. The van der Waals surface area contributed by atoms with Gasteiger partial charge in [-0.25, -0.2) is 4.79 Å². The number of piperidine rings is 1. The normalized spacial score (nSPS) is 36.1. The first-order chi connectivity index (χ1) is 9.24. The average molecular weight is 258 g/mol. The number of benzene rings is 1. The summed E-state index contributed by atoms with van der Waals surface area (Å²) in [5.41, 5.74) is 1.32. The third-order valence-corrected chi connectivity index (χ3v) is 4.95. The predicted molar refractivity (Wildman–Crippen MR) is 70.8 cm³/mol. The number of piperazine rings is 1. The second kappa shape index (κ2) is 3.97. The van der Waals surface area contributed by atoms with Crippen molar-refractivity contribution in [2.45, 2.75) is 25.0 Å². The molecule has 19 heavy (non-hydrogen) atoms. The van der Waals surface area contributed by atoms with Gasteiger partial charge in [-0.05, 0) is 23.8 Å². The van der Waals surface area contributed by atoms with Crippen molar-refractivity contribution >= 4 is 6.09 Å². The van der Waals surface area contributed by atoms with E-state index in [-0.39, 0.29) is 12.1 Å². The van der Waals surface area contributed by atoms with E-state index in [0.29, 0.717) is 11.8 Å². The fourth-order valence-electron chi connectivity index (χ4n) is 4.08. The molecule has 0 spiro atoms. The van der Waals surface area contributed by atoms with Crippen LogP contribution in [0.25, 0.3) is 0 Å². The first kappa shape index (κ1) is 11.3. The molecule has 100 valence electrons. The number of hydrogen-bond acceptors (Lipinski definition) is 2. The Hall–Kier alpha value is -1.55. The second-order valence-corrected chi connectivity index (χ2v) is 6.07. The Morgan fingerprint density at radius 3 is 2.37 bits per heavy atom. The van der Waals surface area contributed by atoms with Crippen LogP contribution in [0.1, 0.15) is 12.0 Å². The average Bonchev–Trinajstić information content (AvgIpc) is 3.15. The minimum Gasteiger partial charge on any atom is -0.465 e. The molecular formula is C15H18N2O2. The molecule has 1 aromatic carbocycles. The highest BCUT2D eigenvalue weighted by Crippen LogP contribution is 2.55. The quantitative estimate of drug-likeness (QED) is 0.880. The van der Waals surface area contributed by atoms with Crippen molar-refractivity contribution in [1.29, 1.82) is 0 Å². The second-order valence-electron chi connectivity index (χ2n) is 6.07. The van der Waals surface area contributed by atoms with Gasteiger partial charge in [-0.15, -0.1) is 0 Å². The van der Waals surface area contributed by atoms with Crippen LogP contribution in [0.4, 0.5) is 4.79 Å². The smallest absolute Gasteiger partial charge is 0.407 e. The molecule has 1 saturated carbocycles. The maximum absolute atomic E-state index is 11.4. The molecule has 2 unspecified atom stereocenters. The first-order valence-corrected chi connectivity index (χ1v) is 7.01. The number of rotatable bonds is 2. The van der Waals surface area contributed by atoms with Crippen LogP contribution in [0.2, 0.25) is 0 Å². The van der Waals surface area contributed by atoms with E-state index in [9.17, 15) is 9.90 Å². The Bertz CT molecular complexity index is 486. The summed E-state index contributed by atoms with van der Waals surface area (Å²) in [5.74, 6) is 1.28. The van der Waals surface area contributed by atoms with Crippen molar-refractivity contribution in [3.63, 3.8) is 0 Å². The van der Waals surface area contributed by atoms with Gasteiger partial charge in [0.05, 0.1) is 12.1 Å². The predicted octanol–water partition coefficient (Wildman–Crippen LogP) is 1.87.